The highest BCUT2D eigenvalue weighted by atomic mass is 79.9. The molecule has 0 amide bonds. The fourth-order valence-corrected chi connectivity index (χ4v) is 4.42. The third-order valence-corrected chi connectivity index (χ3v) is 5.81. The summed E-state index contributed by atoms with van der Waals surface area (Å²) in [5.41, 5.74) is -0.589. The lowest BCUT2D eigenvalue weighted by Crippen LogP contribution is -2.28. The first-order chi connectivity index (χ1) is 8.69. The molecule has 0 spiro atoms. The van der Waals surface area contributed by atoms with Crippen molar-refractivity contribution in [3.05, 3.63) is 20.8 Å². The third kappa shape index (κ3) is 2.79. The lowest BCUT2D eigenvalue weighted by Gasteiger charge is -2.33. The fourth-order valence-electron chi connectivity index (χ4n) is 2.73. The van der Waals surface area contributed by atoms with Gasteiger partial charge in [0.15, 0.2) is 0 Å². The highest BCUT2D eigenvalue weighted by Crippen LogP contribution is 2.47. The minimum absolute atomic E-state index is 0.589. The maximum Gasteiger partial charge on any atom is 0.108 e. The summed E-state index contributed by atoms with van der Waals surface area (Å²) in [6.07, 6.45) is 6.70. The summed E-state index contributed by atoms with van der Waals surface area (Å²) >= 11 is 4.99. The van der Waals surface area contributed by atoms with Gasteiger partial charge in [-0.25, -0.2) is 0 Å². The van der Waals surface area contributed by atoms with Crippen LogP contribution in [0.1, 0.15) is 55.9 Å². The molecule has 18 heavy (non-hydrogen) atoms. The van der Waals surface area contributed by atoms with Crippen LogP contribution in [0.25, 0.3) is 0 Å². The van der Waals surface area contributed by atoms with Crippen molar-refractivity contribution in [2.45, 2.75) is 51.0 Å². The predicted octanol–water partition coefficient (Wildman–Crippen LogP) is 4.80. The smallest absolute Gasteiger partial charge is 0.108 e. The molecule has 1 atom stereocenters. The second-order valence-electron chi connectivity index (χ2n) is 5.07. The molecule has 1 aromatic heterocycles. The number of thiophene rings is 1. The summed E-state index contributed by atoms with van der Waals surface area (Å²) < 4.78 is 0.927. The number of aliphatic hydroxyl groups is 1. The molecule has 1 aliphatic carbocycles. The van der Waals surface area contributed by atoms with Gasteiger partial charge in [-0.3, -0.25) is 0 Å². The Morgan fingerprint density at radius 1 is 1.28 bits per heavy atom. The summed E-state index contributed by atoms with van der Waals surface area (Å²) in [5.74, 6) is 0. The van der Waals surface area contributed by atoms with Crippen molar-refractivity contribution in [3.63, 3.8) is 0 Å². The largest absolute Gasteiger partial charge is 0.386 e. The van der Waals surface area contributed by atoms with Crippen LogP contribution in [0.4, 0.5) is 0 Å². The number of nitriles is 1. The van der Waals surface area contributed by atoms with Crippen LogP contribution in [-0.4, -0.2) is 5.11 Å². The molecule has 1 unspecified atom stereocenters. The summed E-state index contributed by atoms with van der Waals surface area (Å²) in [6.45, 7) is 0. The normalized spacial score (nSPS) is 21.6. The molecule has 0 aliphatic heterocycles. The van der Waals surface area contributed by atoms with E-state index in [0.29, 0.717) is 0 Å². The highest BCUT2D eigenvalue weighted by Gasteiger charge is 2.40. The van der Waals surface area contributed by atoms with Crippen molar-refractivity contribution < 1.29 is 5.11 Å². The van der Waals surface area contributed by atoms with Crippen LogP contribution in [0, 0.1) is 16.7 Å². The topological polar surface area (TPSA) is 44.0 Å². The molecule has 1 aliphatic rings. The number of halogens is 1. The maximum atomic E-state index is 10.6. The van der Waals surface area contributed by atoms with E-state index in [1.54, 1.807) is 0 Å². The van der Waals surface area contributed by atoms with E-state index in [-0.39, 0.29) is 0 Å². The number of aliphatic hydroxyl groups excluding tert-OH is 1. The third-order valence-electron chi connectivity index (χ3n) is 3.88. The van der Waals surface area contributed by atoms with Crippen molar-refractivity contribution in [2.24, 2.45) is 5.41 Å². The first-order valence-electron chi connectivity index (χ1n) is 6.52. The minimum atomic E-state index is -0.657. The molecule has 1 N–H and O–H groups in total. The standard InChI is InChI=1S/C14H18BrNOS/c15-11-6-9-18-12(11)13(17)14(10-16)7-4-2-1-3-5-8-14/h6,9,13,17H,1-5,7-8H2. The molecule has 0 radical (unpaired) electrons. The van der Waals surface area contributed by atoms with Gasteiger partial charge in [-0.05, 0) is 40.2 Å². The highest BCUT2D eigenvalue weighted by molar-refractivity contribution is 9.10. The van der Waals surface area contributed by atoms with Crippen molar-refractivity contribution in [1.29, 1.82) is 5.26 Å². The lowest BCUT2D eigenvalue weighted by molar-refractivity contribution is 0.0458. The summed E-state index contributed by atoms with van der Waals surface area (Å²) in [6, 6.07) is 4.38. The molecule has 98 valence electrons. The number of rotatable bonds is 2. The molecule has 0 bridgehead atoms. The fraction of sp³-hybridized carbons (Fsp3) is 0.643. The maximum absolute atomic E-state index is 10.6. The molecule has 1 heterocycles. The zero-order chi connectivity index (χ0) is 13.0. The number of nitrogens with zero attached hydrogens (tertiary/aromatic N) is 1. The van der Waals surface area contributed by atoms with E-state index in [1.165, 1.54) is 30.6 Å². The monoisotopic (exact) mass is 327 g/mol. The van der Waals surface area contributed by atoms with Crippen LogP contribution in [-0.2, 0) is 0 Å². The summed E-state index contributed by atoms with van der Waals surface area (Å²) in [4.78, 5) is 0.900. The van der Waals surface area contributed by atoms with Gasteiger partial charge in [0.25, 0.3) is 0 Å². The molecular formula is C14H18BrNOS. The van der Waals surface area contributed by atoms with Gasteiger partial charge >= 0.3 is 0 Å². The molecule has 1 fully saturated rings. The Kier molecular flexibility index (Phi) is 4.83. The minimum Gasteiger partial charge on any atom is -0.386 e. The second kappa shape index (κ2) is 6.18. The molecular weight excluding hydrogens is 310 g/mol. The lowest BCUT2D eigenvalue weighted by atomic mass is 9.73. The van der Waals surface area contributed by atoms with Crippen molar-refractivity contribution >= 4 is 27.3 Å². The van der Waals surface area contributed by atoms with E-state index >= 15 is 0 Å². The van der Waals surface area contributed by atoms with Crippen LogP contribution >= 0.6 is 27.3 Å². The number of hydrogen-bond acceptors (Lipinski definition) is 3. The molecule has 1 aromatic rings. The van der Waals surface area contributed by atoms with Gasteiger partial charge in [0, 0.05) is 9.35 Å². The van der Waals surface area contributed by atoms with Crippen LogP contribution < -0.4 is 0 Å². The van der Waals surface area contributed by atoms with E-state index in [0.717, 1.165) is 35.0 Å². The van der Waals surface area contributed by atoms with Crippen molar-refractivity contribution in [1.82, 2.24) is 0 Å². The van der Waals surface area contributed by atoms with Crippen molar-refractivity contribution in [3.8, 4) is 6.07 Å². The molecule has 2 nitrogen and oxygen atoms in total. The van der Waals surface area contributed by atoms with E-state index in [9.17, 15) is 10.4 Å². The van der Waals surface area contributed by atoms with Gasteiger partial charge in [-0.1, -0.05) is 32.1 Å². The van der Waals surface area contributed by atoms with E-state index in [1.807, 2.05) is 11.4 Å². The Morgan fingerprint density at radius 3 is 2.39 bits per heavy atom. The summed E-state index contributed by atoms with van der Waals surface area (Å²) in [5, 5.41) is 22.2. The van der Waals surface area contributed by atoms with Gasteiger partial charge in [0.2, 0.25) is 0 Å². The first-order valence-corrected chi connectivity index (χ1v) is 8.19. The zero-order valence-corrected chi connectivity index (χ0v) is 12.8. The van der Waals surface area contributed by atoms with E-state index < -0.39 is 11.5 Å². The molecule has 0 aromatic carbocycles. The predicted molar refractivity (Wildman–Crippen MR) is 77.3 cm³/mol. The van der Waals surface area contributed by atoms with Crippen LogP contribution in [0.15, 0.2) is 15.9 Å². The Labute approximate surface area is 121 Å². The Balaban J connectivity index is 2.25. The van der Waals surface area contributed by atoms with E-state index in [2.05, 4.69) is 22.0 Å². The van der Waals surface area contributed by atoms with Gasteiger partial charge in [0.1, 0.15) is 6.10 Å². The summed E-state index contributed by atoms with van der Waals surface area (Å²) in [7, 11) is 0. The average molecular weight is 328 g/mol. The quantitative estimate of drug-likeness (QED) is 0.847. The molecule has 1 saturated carbocycles. The van der Waals surface area contributed by atoms with E-state index in [4.69, 9.17) is 0 Å². The Bertz CT molecular complexity index is 429. The van der Waals surface area contributed by atoms with Crippen LogP contribution in [0.3, 0.4) is 0 Å². The van der Waals surface area contributed by atoms with Crippen LogP contribution in [0.2, 0.25) is 0 Å². The van der Waals surface area contributed by atoms with Gasteiger partial charge in [-0.15, -0.1) is 11.3 Å². The second-order valence-corrected chi connectivity index (χ2v) is 6.87. The Morgan fingerprint density at radius 2 is 1.89 bits per heavy atom. The Hall–Kier alpha value is -0.370. The van der Waals surface area contributed by atoms with Gasteiger partial charge in [0.05, 0.1) is 11.5 Å². The molecule has 0 saturated heterocycles. The average Bonchev–Trinajstić information content (AvgIpc) is 2.75. The van der Waals surface area contributed by atoms with Crippen LogP contribution in [0.5, 0.6) is 0 Å². The SMILES string of the molecule is N#CC1(C(O)c2sccc2Br)CCCCCCC1. The van der Waals surface area contributed by atoms with Crippen molar-refractivity contribution in [2.75, 3.05) is 0 Å². The molecule has 2 rings (SSSR count). The molecule has 4 heteroatoms. The zero-order valence-electron chi connectivity index (χ0n) is 10.4. The first kappa shape index (κ1) is 14.0. The van der Waals surface area contributed by atoms with Gasteiger partial charge < -0.3 is 5.11 Å². The number of hydrogen-bond donors (Lipinski definition) is 1. The van der Waals surface area contributed by atoms with Gasteiger partial charge in [-0.2, -0.15) is 5.26 Å².